The van der Waals surface area contributed by atoms with Gasteiger partial charge in [0.2, 0.25) is 0 Å². The summed E-state index contributed by atoms with van der Waals surface area (Å²) in [5.74, 6) is 0. The van der Waals surface area contributed by atoms with Crippen molar-refractivity contribution < 1.29 is 0 Å². The highest BCUT2D eigenvalue weighted by Crippen LogP contribution is 2.31. The van der Waals surface area contributed by atoms with E-state index in [2.05, 4.69) is 23.2 Å². The van der Waals surface area contributed by atoms with E-state index in [0.29, 0.717) is 0 Å². The maximum Gasteiger partial charge on any atom is 0.0603 e. The summed E-state index contributed by atoms with van der Waals surface area (Å²) in [7, 11) is 0. The van der Waals surface area contributed by atoms with Crippen LogP contribution in [0, 0.1) is 0 Å². The van der Waals surface area contributed by atoms with Crippen LogP contribution >= 0.6 is 11.6 Å². The molecule has 1 N–H and O–H groups in total. The van der Waals surface area contributed by atoms with E-state index in [1.54, 1.807) is 0 Å². The zero-order valence-electron chi connectivity index (χ0n) is 10.5. The van der Waals surface area contributed by atoms with Crippen molar-refractivity contribution in [2.45, 2.75) is 32.6 Å². The lowest BCUT2D eigenvalue weighted by Crippen LogP contribution is -2.30. The van der Waals surface area contributed by atoms with Crippen molar-refractivity contribution in [2.24, 2.45) is 0 Å². The van der Waals surface area contributed by atoms with E-state index in [9.17, 15) is 0 Å². The predicted molar refractivity (Wildman–Crippen MR) is 76.3 cm³/mol. The van der Waals surface area contributed by atoms with E-state index in [-0.39, 0.29) is 0 Å². The van der Waals surface area contributed by atoms with E-state index in [1.807, 2.05) is 12.1 Å². The van der Waals surface area contributed by atoms with E-state index < -0.39 is 0 Å². The summed E-state index contributed by atoms with van der Waals surface area (Å²) in [6, 6.07) is 6.18. The van der Waals surface area contributed by atoms with Crippen LogP contribution in [-0.4, -0.2) is 19.6 Å². The van der Waals surface area contributed by atoms with E-state index in [0.717, 1.165) is 18.0 Å². The monoisotopic (exact) mass is 252 g/mol. The fourth-order valence-corrected chi connectivity index (χ4v) is 2.49. The van der Waals surface area contributed by atoms with Gasteiger partial charge in [0.05, 0.1) is 11.4 Å². The summed E-state index contributed by atoms with van der Waals surface area (Å²) >= 11 is 6.08. The van der Waals surface area contributed by atoms with Gasteiger partial charge < -0.3 is 10.2 Å². The number of piperidine rings is 1. The Bertz CT molecular complexity index is 359. The van der Waals surface area contributed by atoms with Crippen molar-refractivity contribution in [3.05, 3.63) is 23.2 Å². The molecule has 0 atom stereocenters. The highest BCUT2D eigenvalue weighted by molar-refractivity contribution is 6.31. The highest BCUT2D eigenvalue weighted by Gasteiger charge is 2.14. The summed E-state index contributed by atoms with van der Waals surface area (Å²) in [5.41, 5.74) is 2.49. The van der Waals surface area contributed by atoms with Crippen LogP contribution in [0.3, 0.4) is 0 Å². The number of hydrogen-bond donors (Lipinski definition) is 1. The average Bonchev–Trinajstić information content (AvgIpc) is 2.37. The van der Waals surface area contributed by atoms with Gasteiger partial charge in [0.15, 0.2) is 0 Å². The van der Waals surface area contributed by atoms with Gasteiger partial charge in [-0.05, 0) is 43.9 Å². The van der Waals surface area contributed by atoms with Crippen molar-refractivity contribution in [3.8, 4) is 0 Å². The van der Waals surface area contributed by atoms with Gasteiger partial charge in [-0.2, -0.15) is 0 Å². The molecule has 1 heterocycles. The molecular weight excluding hydrogens is 232 g/mol. The molecule has 0 spiro atoms. The van der Waals surface area contributed by atoms with Crippen LogP contribution in [0.4, 0.5) is 11.4 Å². The zero-order valence-corrected chi connectivity index (χ0v) is 11.3. The lowest BCUT2D eigenvalue weighted by Gasteiger charge is -2.30. The Morgan fingerprint density at radius 3 is 2.71 bits per heavy atom. The van der Waals surface area contributed by atoms with Crippen molar-refractivity contribution >= 4 is 23.0 Å². The lowest BCUT2D eigenvalue weighted by molar-refractivity contribution is 0.578. The summed E-state index contributed by atoms with van der Waals surface area (Å²) in [4.78, 5) is 2.47. The number of anilines is 2. The van der Waals surface area contributed by atoms with Gasteiger partial charge in [0.1, 0.15) is 0 Å². The number of rotatable bonds is 4. The molecule has 1 aliphatic rings. The Labute approximate surface area is 109 Å². The quantitative estimate of drug-likeness (QED) is 0.866. The normalized spacial score (nSPS) is 16.0. The molecule has 1 aliphatic heterocycles. The van der Waals surface area contributed by atoms with Gasteiger partial charge in [0, 0.05) is 24.7 Å². The second-order valence-corrected chi connectivity index (χ2v) is 5.07. The summed E-state index contributed by atoms with van der Waals surface area (Å²) < 4.78 is 0. The van der Waals surface area contributed by atoms with E-state index in [1.165, 1.54) is 43.7 Å². The molecule has 0 aliphatic carbocycles. The van der Waals surface area contributed by atoms with Crippen molar-refractivity contribution in [1.82, 2.24) is 0 Å². The minimum atomic E-state index is 0.810. The van der Waals surface area contributed by atoms with Gasteiger partial charge in [0.25, 0.3) is 0 Å². The fourth-order valence-electron chi connectivity index (χ4n) is 2.32. The Balaban J connectivity index is 2.18. The number of halogens is 1. The standard InChI is InChI=1S/C14H21ClN2/c1-2-8-16-13-11-12(15)6-7-14(13)17-9-4-3-5-10-17/h6-7,11,16H,2-5,8-10H2,1H3. The molecule has 1 saturated heterocycles. The van der Waals surface area contributed by atoms with Crippen LogP contribution in [0.5, 0.6) is 0 Å². The predicted octanol–water partition coefficient (Wildman–Crippen LogP) is 4.15. The highest BCUT2D eigenvalue weighted by atomic mass is 35.5. The second kappa shape index (κ2) is 6.15. The van der Waals surface area contributed by atoms with Crippen LogP contribution in [-0.2, 0) is 0 Å². The molecule has 17 heavy (non-hydrogen) atoms. The third-order valence-corrected chi connectivity index (χ3v) is 3.46. The molecule has 3 heteroatoms. The molecule has 2 rings (SSSR count). The summed E-state index contributed by atoms with van der Waals surface area (Å²) in [5, 5.41) is 4.28. The molecule has 0 aromatic heterocycles. The van der Waals surface area contributed by atoms with Gasteiger partial charge in [-0.3, -0.25) is 0 Å². The average molecular weight is 253 g/mol. The zero-order chi connectivity index (χ0) is 12.1. The Hall–Kier alpha value is -0.890. The molecule has 1 fully saturated rings. The smallest absolute Gasteiger partial charge is 0.0603 e. The Kier molecular flexibility index (Phi) is 4.55. The van der Waals surface area contributed by atoms with Crippen LogP contribution in [0.15, 0.2) is 18.2 Å². The van der Waals surface area contributed by atoms with Gasteiger partial charge in [-0.1, -0.05) is 18.5 Å². The van der Waals surface area contributed by atoms with E-state index in [4.69, 9.17) is 11.6 Å². The maximum atomic E-state index is 6.08. The Morgan fingerprint density at radius 2 is 2.00 bits per heavy atom. The molecule has 0 radical (unpaired) electrons. The first-order valence-corrected chi connectivity index (χ1v) is 6.97. The SMILES string of the molecule is CCCNc1cc(Cl)ccc1N1CCCCC1. The molecule has 0 unspecified atom stereocenters. The minimum Gasteiger partial charge on any atom is -0.383 e. The molecule has 0 amide bonds. The van der Waals surface area contributed by atoms with Crippen molar-refractivity contribution in [3.63, 3.8) is 0 Å². The van der Waals surface area contributed by atoms with Crippen LogP contribution in [0.1, 0.15) is 32.6 Å². The number of benzene rings is 1. The molecule has 0 saturated carbocycles. The lowest BCUT2D eigenvalue weighted by atomic mass is 10.1. The number of hydrogen-bond acceptors (Lipinski definition) is 2. The van der Waals surface area contributed by atoms with Crippen molar-refractivity contribution in [1.29, 1.82) is 0 Å². The van der Waals surface area contributed by atoms with Crippen LogP contribution in [0.25, 0.3) is 0 Å². The maximum absolute atomic E-state index is 6.08. The molecule has 0 bridgehead atoms. The van der Waals surface area contributed by atoms with Crippen LogP contribution < -0.4 is 10.2 Å². The summed E-state index contributed by atoms with van der Waals surface area (Å²) in [6.07, 6.45) is 5.10. The molecule has 1 aromatic rings. The second-order valence-electron chi connectivity index (χ2n) is 4.64. The third kappa shape index (κ3) is 3.29. The molecular formula is C14H21ClN2. The third-order valence-electron chi connectivity index (χ3n) is 3.22. The molecule has 2 nitrogen and oxygen atoms in total. The number of nitrogens with zero attached hydrogens (tertiary/aromatic N) is 1. The largest absolute Gasteiger partial charge is 0.383 e. The first-order valence-electron chi connectivity index (χ1n) is 6.59. The van der Waals surface area contributed by atoms with Gasteiger partial charge >= 0.3 is 0 Å². The van der Waals surface area contributed by atoms with Gasteiger partial charge in [-0.25, -0.2) is 0 Å². The molecule has 1 aromatic carbocycles. The van der Waals surface area contributed by atoms with Crippen molar-refractivity contribution in [2.75, 3.05) is 29.9 Å². The van der Waals surface area contributed by atoms with E-state index >= 15 is 0 Å². The molecule has 94 valence electrons. The first-order chi connectivity index (χ1) is 8.31. The topological polar surface area (TPSA) is 15.3 Å². The first kappa shape index (κ1) is 12.6. The summed E-state index contributed by atoms with van der Waals surface area (Å²) in [6.45, 7) is 5.52. The van der Waals surface area contributed by atoms with Gasteiger partial charge in [-0.15, -0.1) is 0 Å². The minimum absolute atomic E-state index is 0.810. The number of nitrogens with one attached hydrogen (secondary N) is 1. The fraction of sp³-hybridized carbons (Fsp3) is 0.571. The van der Waals surface area contributed by atoms with Crippen LogP contribution in [0.2, 0.25) is 5.02 Å². The Morgan fingerprint density at radius 1 is 1.24 bits per heavy atom.